The summed E-state index contributed by atoms with van der Waals surface area (Å²) in [6.07, 6.45) is 1.64. The molecule has 1 amide bonds. The van der Waals surface area contributed by atoms with Gasteiger partial charge in [-0.1, -0.05) is 24.3 Å². The number of aromatic nitrogens is 1. The summed E-state index contributed by atoms with van der Waals surface area (Å²) in [4.78, 5) is 26.5. The van der Waals surface area contributed by atoms with Crippen LogP contribution in [0, 0.1) is 10.1 Å². The lowest BCUT2D eigenvalue weighted by Crippen LogP contribution is -2.22. The van der Waals surface area contributed by atoms with Gasteiger partial charge in [0.15, 0.2) is 11.4 Å². The van der Waals surface area contributed by atoms with Crippen molar-refractivity contribution in [2.24, 2.45) is 15.2 Å². The highest BCUT2D eigenvalue weighted by Gasteiger charge is 2.20. The Morgan fingerprint density at radius 1 is 1.25 bits per heavy atom. The van der Waals surface area contributed by atoms with Gasteiger partial charge in [0.25, 0.3) is 11.6 Å². The van der Waals surface area contributed by atoms with Gasteiger partial charge in [-0.25, -0.2) is 4.99 Å². The average Bonchev–Trinajstić information content (AvgIpc) is 3.14. The molecule has 4 rings (SSSR count). The zero-order valence-electron chi connectivity index (χ0n) is 14.4. The van der Waals surface area contributed by atoms with Crippen LogP contribution in [-0.2, 0) is 11.3 Å². The number of non-ortho nitro benzene ring substituents is 1. The summed E-state index contributed by atoms with van der Waals surface area (Å²) < 4.78 is 1.61. The molecule has 0 radical (unpaired) electrons. The fourth-order valence-electron chi connectivity index (χ4n) is 3.08. The number of nitro groups is 1. The Morgan fingerprint density at radius 3 is 2.79 bits per heavy atom. The number of para-hydroxylation sites is 1. The number of nitrogens with zero attached hydrogens (tertiary/aromatic N) is 5. The first-order valence-corrected chi connectivity index (χ1v) is 8.26. The number of azo groups is 1. The highest BCUT2D eigenvalue weighted by molar-refractivity contribution is 6.14. The van der Waals surface area contributed by atoms with Crippen LogP contribution in [0.3, 0.4) is 0 Å². The largest absolute Gasteiger partial charge is 0.493 e. The first-order chi connectivity index (χ1) is 13.5. The van der Waals surface area contributed by atoms with Crippen LogP contribution in [0.1, 0.15) is 0 Å². The normalized spacial score (nSPS) is 13.1. The van der Waals surface area contributed by atoms with Gasteiger partial charge >= 0.3 is 0 Å². The van der Waals surface area contributed by atoms with E-state index >= 15 is 0 Å². The lowest BCUT2D eigenvalue weighted by Gasteiger charge is -2.01. The van der Waals surface area contributed by atoms with Crippen LogP contribution in [0.25, 0.3) is 16.6 Å². The Kier molecular flexibility index (Phi) is 4.04. The van der Waals surface area contributed by atoms with Crippen LogP contribution in [0.4, 0.5) is 11.4 Å². The third-order valence-corrected chi connectivity index (χ3v) is 4.35. The van der Waals surface area contributed by atoms with Crippen molar-refractivity contribution in [3.05, 3.63) is 75.8 Å². The van der Waals surface area contributed by atoms with E-state index in [1.165, 1.54) is 18.2 Å². The SMILES string of the molecule is C=CCn1c(O)c(N=NC2=c3cc([N+](=O)[O-])ccc3=NC2=O)c2ccccc21. The van der Waals surface area contributed by atoms with E-state index < -0.39 is 10.8 Å². The van der Waals surface area contributed by atoms with E-state index in [9.17, 15) is 20.0 Å². The van der Waals surface area contributed by atoms with Crippen molar-refractivity contribution in [1.82, 2.24) is 4.57 Å². The number of carbonyl (C=O) groups excluding carboxylic acids is 1. The summed E-state index contributed by atoms with van der Waals surface area (Å²) in [6, 6.07) is 11.1. The molecular formula is C19H13N5O4. The lowest BCUT2D eigenvalue weighted by atomic mass is 10.2. The van der Waals surface area contributed by atoms with E-state index in [1.807, 2.05) is 12.1 Å². The highest BCUT2D eigenvalue weighted by Crippen LogP contribution is 2.39. The molecule has 2 aromatic carbocycles. The van der Waals surface area contributed by atoms with Crippen molar-refractivity contribution in [3.8, 4) is 5.88 Å². The highest BCUT2D eigenvalue weighted by atomic mass is 16.6. The molecule has 0 atom stereocenters. The molecule has 0 saturated carbocycles. The predicted octanol–water partition coefficient (Wildman–Crippen LogP) is 2.49. The van der Waals surface area contributed by atoms with Gasteiger partial charge in [0.2, 0.25) is 5.88 Å². The minimum atomic E-state index is -0.645. The number of aromatic hydroxyl groups is 1. The van der Waals surface area contributed by atoms with Crippen LogP contribution in [0.5, 0.6) is 5.88 Å². The number of amides is 1. The summed E-state index contributed by atoms with van der Waals surface area (Å²) in [7, 11) is 0. The number of carbonyl (C=O) groups is 1. The van der Waals surface area contributed by atoms with E-state index in [-0.39, 0.29) is 28.2 Å². The molecule has 2 heterocycles. The maximum absolute atomic E-state index is 12.2. The monoisotopic (exact) mass is 375 g/mol. The number of allylic oxidation sites excluding steroid dienone is 1. The van der Waals surface area contributed by atoms with Crippen LogP contribution in [0.2, 0.25) is 0 Å². The van der Waals surface area contributed by atoms with Gasteiger partial charge in [-0.15, -0.1) is 16.8 Å². The maximum Gasteiger partial charge on any atom is 0.298 e. The molecule has 1 N–H and O–H groups in total. The first-order valence-electron chi connectivity index (χ1n) is 8.26. The lowest BCUT2D eigenvalue weighted by molar-refractivity contribution is -0.385. The van der Waals surface area contributed by atoms with Gasteiger partial charge in [0, 0.05) is 29.3 Å². The number of fused-ring (bicyclic) bond motifs is 2. The average molecular weight is 375 g/mol. The van der Waals surface area contributed by atoms with Crippen LogP contribution in [-0.4, -0.2) is 20.5 Å². The van der Waals surface area contributed by atoms with Gasteiger partial charge in [-0.3, -0.25) is 14.9 Å². The Balaban J connectivity index is 1.89. The van der Waals surface area contributed by atoms with Crippen molar-refractivity contribution in [3.63, 3.8) is 0 Å². The van der Waals surface area contributed by atoms with Gasteiger partial charge < -0.3 is 9.67 Å². The Bertz CT molecular complexity index is 1320. The molecule has 9 nitrogen and oxygen atoms in total. The second-order valence-electron chi connectivity index (χ2n) is 6.01. The van der Waals surface area contributed by atoms with E-state index in [1.54, 1.807) is 22.8 Å². The van der Waals surface area contributed by atoms with E-state index in [0.717, 1.165) is 5.52 Å². The van der Waals surface area contributed by atoms with Crippen molar-refractivity contribution in [1.29, 1.82) is 0 Å². The van der Waals surface area contributed by atoms with E-state index in [0.29, 0.717) is 17.3 Å². The standard InChI is InChI=1S/C19H13N5O4/c1-2-9-23-15-6-4-3-5-12(15)17(19(23)26)22-21-16-13-10-11(24(27)28)7-8-14(13)20-18(16)25/h2-8,10,26H,1,9H2. The first kappa shape index (κ1) is 17.3. The fraction of sp³-hybridized carbons (Fsp3) is 0.0526. The summed E-state index contributed by atoms with van der Waals surface area (Å²) in [6.45, 7) is 4.04. The van der Waals surface area contributed by atoms with Crippen LogP contribution < -0.4 is 10.6 Å². The maximum atomic E-state index is 12.2. The van der Waals surface area contributed by atoms with Crippen molar-refractivity contribution >= 4 is 33.9 Å². The molecule has 1 aromatic heterocycles. The minimum Gasteiger partial charge on any atom is -0.493 e. The molecule has 28 heavy (non-hydrogen) atoms. The summed E-state index contributed by atoms with van der Waals surface area (Å²) >= 11 is 0. The summed E-state index contributed by atoms with van der Waals surface area (Å²) in [5, 5.41) is 30.8. The van der Waals surface area contributed by atoms with Crippen molar-refractivity contribution < 1.29 is 14.8 Å². The Morgan fingerprint density at radius 2 is 2.04 bits per heavy atom. The number of hydrogen-bond donors (Lipinski definition) is 1. The second-order valence-corrected chi connectivity index (χ2v) is 6.01. The number of hydrogen-bond acceptors (Lipinski definition) is 6. The Labute approximate surface area is 157 Å². The smallest absolute Gasteiger partial charge is 0.298 e. The number of rotatable bonds is 5. The van der Waals surface area contributed by atoms with Crippen molar-refractivity contribution in [2.75, 3.05) is 0 Å². The molecule has 0 unspecified atom stereocenters. The third-order valence-electron chi connectivity index (χ3n) is 4.35. The van der Waals surface area contributed by atoms with Crippen LogP contribution >= 0.6 is 0 Å². The van der Waals surface area contributed by atoms with Crippen molar-refractivity contribution in [2.45, 2.75) is 6.54 Å². The zero-order valence-corrected chi connectivity index (χ0v) is 14.4. The molecule has 138 valence electrons. The quantitative estimate of drug-likeness (QED) is 0.318. The molecule has 0 fully saturated rings. The molecule has 9 heteroatoms. The number of nitro benzene ring substituents is 1. The molecule has 3 aromatic rings. The van der Waals surface area contributed by atoms with Gasteiger partial charge in [-0.05, 0) is 12.1 Å². The Hall–Kier alpha value is -4.14. The van der Waals surface area contributed by atoms with Gasteiger partial charge in [0.1, 0.15) is 0 Å². The predicted molar refractivity (Wildman–Crippen MR) is 101 cm³/mol. The fourth-order valence-corrected chi connectivity index (χ4v) is 3.08. The second kappa shape index (κ2) is 6.54. The van der Waals surface area contributed by atoms with E-state index in [4.69, 9.17) is 0 Å². The number of benzene rings is 2. The molecule has 0 saturated heterocycles. The molecule has 0 bridgehead atoms. The molecule has 1 aliphatic heterocycles. The zero-order chi connectivity index (χ0) is 19.8. The summed E-state index contributed by atoms with van der Waals surface area (Å²) in [5.41, 5.74) is 0.634. The van der Waals surface area contributed by atoms with E-state index in [2.05, 4.69) is 21.8 Å². The molecular weight excluding hydrogens is 362 g/mol. The summed E-state index contributed by atoms with van der Waals surface area (Å²) in [5.74, 6) is -0.763. The van der Waals surface area contributed by atoms with Crippen LogP contribution in [0.15, 0.2) is 70.3 Å². The minimum absolute atomic E-state index is 0.112. The molecule has 1 aliphatic rings. The van der Waals surface area contributed by atoms with Gasteiger partial charge in [-0.2, -0.15) is 0 Å². The topological polar surface area (TPSA) is 122 Å². The van der Waals surface area contributed by atoms with Gasteiger partial charge in [0.05, 0.1) is 15.8 Å². The third kappa shape index (κ3) is 2.65. The molecule has 0 aliphatic carbocycles. The molecule has 0 spiro atoms.